The highest BCUT2D eigenvalue weighted by Gasteiger charge is 2.38. The van der Waals surface area contributed by atoms with E-state index >= 15 is 0 Å². The van der Waals surface area contributed by atoms with Gasteiger partial charge in [-0.2, -0.15) is 0 Å². The summed E-state index contributed by atoms with van der Waals surface area (Å²) in [6, 6.07) is 12.2. The number of nitrogens with one attached hydrogen (secondary N) is 1. The van der Waals surface area contributed by atoms with Gasteiger partial charge in [0, 0.05) is 73.1 Å². The summed E-state index contributed by atoms with van der Waals surface area (Å²) in [5, 5.41) is 2.70. The molecule has 3 aromatic rings. The minimum absolute atomic E-state index is 0.00625. The van der Waals surface area contributed by atoms with Gasteiger partial charge in [-0.15, -0.1) is 0 Å². The molecule has 4 amide bonds. The number of unbranched alkanes of at least 4 members (excludes halogenated alkanes) is 2. The number of halogens is 2. The Morgan fingerprint density at radius 2 is 1.71 bits per heavy atom. The number of nitrogens with two attached hydrogens (primary N) is 1. The number of nitrogens with zero attached hydrogens (tertiary/aromatic N) is 4. The molecule has 2 aromatic carbocycles. The van der Waals surface area contributed by atoms with Crippen LogP contribution in [0, 0.1) is 17.0 Å². The fourth-order valence-corrected chi connectivity index (χ4v) is 7.21. The van der Waals surface area contributed by atoms with Crippen molar-refractivity contribution in [1.82, 2.24) is 24.7 Å². The molecule has 0 bridgehead atoms. The Morgan fingerprint density at radius 1 is 1.00 bits per heavy atom. The lowest BCUT2D eigenvalue weighted by Gasteiger charge is -2.40. The molecular weight excluding hydrogens is 691 g/mol. The zero-order valence-electron chi connectivity index (χ0n) is 30.0. The van der Waals surface area contributed by atoms with Gasteiger partial charge in [-0.05, 0) is 55.0 Å². The van der Waals surface area contributed by atoms with E-state index in [0.717, 1.165) is 28.7 Å². The quantitative estimate of drug-likeness (QED) is 0.136. The summed E-state index contributed by atoms with van der Waals surface area (Å²) in [7, 11) is -1.49. The van der Waals surface area contributed by atoms with Gasteiger partial charge in [-0.3, -0.25) is 28.3 Å². The van der Waals surface area contributed by atoms with Crippen molar-refractivity contribution in [1.29, 1.82) is 0 Å². The van der Waals surface area contributed by atoms with Gasteiger partial charge in [-0.1, -0.05) is 57.5 Å². The van der Waals surface area contributed by atoms with Crippen LogP contribution in [0.15, 0.2) is 66.9 Å². The summed E-state index contributed by atoms with van der Waals surface area (Å²) < 4.78 is 44.4. The summed E-state index contributed by atoms with van der Waals surface area (Å²) in [6.07, 6.45) is 6.51. The third-order valence-corrected chi connectivity index (χ3v) is 9.94. The number of carbonyl (C=O) groups excluding carboxylic acids is 4. The van der Waals surface area contributed by atoms with Crippen molar-refractivity contribution in [2.45, 2.75) is 65.5 Å². The largest absolute Gasteiger partial charge is 0.354 e. The average Bonchev–Trinajstić information content (AvgIpc) is 3.64. The van der Waals surface area contributed by atoms with Crippen LogP contribution in [0.5, 0.6) is 0 Å². The molecule has 52 heavy (non-hydrogen) atoms. The van der Waals surface area contributed by atoms with Gasteiger partial charge in [-0.25, -0.2) is 13.8 Å². The maximum absolute atomic E-state index is 15.0. The van der Waals surface area contributed by atoms with Crippen molar-refractivity contribution in [3.05, 3.63) is 89.9 Å². The molecule has 1 aliphatic rings. The predicted molar refractivity (Wildman–Crippen MR) is 196 cm³/mol. The topological polar surface area (TPSA) is 148 Å². The van der Waals surface area contributed by atoms with E-state index in [4.69, 9.17) is 10.7 Å². The molecule has 3 N–H and O–H groups in total. The van der Waals surface area contributed by atoms with Crippen LogP contribution < -0.4 is 11.1 Å². The molecule has 0 radical (unpaired) electrons. The van der Waals surface area contributed by atoms with E-state index in [1.807, 2.05) is 55.7 Å². The first-order chi connectivity index (χ1) is 24.8. The van der Waals surface area contributed by atoms with Crippen molar-refractivity contribution < 1.29 is 32.2 Å². The van der Waals surface area contributed by atoms with Crippen molar-refractivity contribution in [3.8, 4) is 11.3 Å². The van der Waals surface area contributed by atoms with Crippen molar-refractivity contribution in [3.63, 3.8) is 0 Å². The number of imidazole rings is 1. The first-order valence-corrected chi connectivity index (χ1v) is 19.0. The molecule has 0 aliphatic carbocycles. The zero-order valence-corrected chi connectivity index (χ0v) is 30.8. The minimum atomic E-state index is -1.49. The molecule has 2 heterocycles. The molecule has 0 saturated heterocycles. The summed E-state index contributed by atoms with van der Waals surface area (Å²) in [4.78, 5) is 57.1. The molecule has 1 aliphatic heterocycles. The van der Waals surface area contributed by atoms with Gasteiger partial charge in [0.2, 0.25) is 11.8 Å². The van der Waals surface area contributed by atoms with E-state index < -0.39 is 45.7 Å². The Balaban J connectivity index is 1.43. The highest BCUT2D eigenvalue weighted by Crippen LogP contribution is 2.39. The number of rotatable bonds is 19. The minimum Gasteiger partial charge on any atom is -0.354 e. The van der Waals surface area contributed by atoms with Crippen LogP contribution in [0.25, 0.3) is 11.3 Å². The van der Waals surface area contributed by atoms with E-state index in [1.165, 1.54) is 12.2 Å². The van der Waals surface area contributed by atoms with Crippen LogP contribution in [0.1, 0.15) is 70.3 Å². The third-order valence-electron chi connectivity index (χ3n) is 8.63. The second kappa shape index (κ2) is 18.8. The van der Waals surface area contributed by atoms with Crippen molar-refractivity contribution in [2.24, 2.45) is 11.1 Å². The standard InChI is InChI=1S/C38H48F2N6O5S/c1-38(2,3)36(37-43-31(29-23-28(39)14-15-30(29)40)25-44(37)24-27-11-6-4-7-12-27)46(20-10-18-41)35(50)26-52(51)22-9-5-8-13-32(47)42-19-21-45-33(48)16-17-34(45)49/h4,6-7,11-12,14-17,23,25,36H,5,8-10,13,18-22,24,26,41H2,1-3H3,(H,42,47)/t36-,52?/m0/s1. The molecule has 0 spiro atoms. The Hall–Kier alpha value is -4.56. The number of benzene rings is 2. The predicted octanol–water partition coefficient (Wildman–Crippen LogP) is 4.49. The maximum Gasteiger partial charge on any atom is 0.253 e. The van der Waals surface area contributed by atoms with Crippen LogP contribution in [0.3, 0.4) is 0 Å². The molecule has 11 nitrogen and oxygen atoms in total. The number of imide groups is 1. The molecule has 1 unspecified atom stereocenters. The summed E-state index contributed by atoms with van der Waals surface area (Å²) in [6.45, 7) is 7.15. The van der Waals surface area contributed by atoms with Crippen LogP contribution in [-0.2, 0) is 36.5 Å². The maximum atomic E-state index is 15.0. The third kappa shape index (κ3) is 11.2. The van der Waals surface area contributed by atoms with Gasteiger partial charge >= 0.3 is 0 Å². The highest BCUT2D eigenvalue weighted by molar-refractivity contribution is 7.85. The monoisotopic (exact) mass is 738 g/mol. The molecule has 0 saturated carbocycles. The summed E-state index contributed by atoms with van der Waals surface area (Å²) in [5.41, 5.74) is 6.50. The molecule has 1 aromatic heterocycles. The van der Waals surface area contributed by atoms with Gasteiger partial charge in [0.15, 0.2) is 0 Å². The van der Waals surface area contributed by atoms with E-state index in [9.17, 15) is 32.2 Å². The highest BCUT2D eigenvalue weighted by atomic mass is 32.2. The molecule has 0 fully saturated rings. The lowest BCUT2D eigenvalue weighted by Crippen LogP contribution is -2.45. The Kier molecular flexibility index (Phi) is 14.5. The zero-order chi connectivity index (χ0) is 37.8. The lowest BCUT2D eigenvalue weighted by atomic mass is 9.84. The summed E-state index contributed by atoms with van der Waals surface area (Å²) >= 11 is 0. The SMILES string of the molecule is CC(C)(C)[C@H](c1nc(-c2cc(F)ccc2F)cn1Cc1ccccc1)N(CCCN)C(=O)CS(=O)CCCCCC(=O)NCCN1C(=O)C=CC1=O. The van der Waals surface area contributed by atoms with Crippen LogP contribution in [0.4, 0.5) is 8.78 Å². The van der Waals surface area contributed by atoms with Crippen LogP contribution >= 0.6 is 0 Å². The Morgan fingerprint density at radius 3 is 2.38 bits per heavy atom. The fraction of sp³-hybridized carbons (Fsp3) is 0.447. The molecular formula is C38H48F2N6O5S. The first-order valence-electron chi connectivity index (χ1n) is 17.5. The lowest BCUT2D eigenvalue weighted by molar-refractivity contribution is -0.137. The molecule has 2 atom stereocenters. The number of hydrogen-bond donors (Lipinski definition) is 2. The van der Waals surface area contributed by atoms with E-state index in [0.29, 0.717) is 44.6 Å². The second-order valence-electron chi connectivity index (χ2n) is 13.8. The van der Waals surface area contributed by atoms with Crippen LogP contribution in [0.2, 0.25) is 0 Å². The molecule has 4 rings (SSSR count). The normalized spacial score (nSPS) is 14.2. The second-order valence-corrected chi connectivity index (χ2v) is 15.4. The van der Waals surface area contributed by atoms with E-state index in [2.05, 4.69) is 5.32 Å². The fourth-order valence-electron chi connectivity index (χ4n) is 6.10. The van der Waals surface area contributed by atoms with Crippen molar-refractivity contribution >= 4 is 34.4 Å². The van der Waals surface area contributed by atoms with Crippen molar-refractivity contribution in [2.75, 3.05) is 37.7 Å². The smallest absolute Gasteiger partial charge is 0.253 e. The number of aromatic nitrogens is 2. The number of hydrogen-bond acceptors (Lipinski definition) is 7. The van der Waals surface area contributed by atoms with Gasteiger partial charge in [0.1, 0.15) is 23.2 Å². The molecule has 14 heteroatoms. The van der Waals surface area contributed by atoms with Crippen LogP contribution in [-0.4, -0.2) is 84.9 Å². The van der Waals surface area contributed by atoms with Gasteiger partial charge in [0.25, 0.3) is 11.8 Å². The Labute approximate surface area is 306 Å². The number of amides is 4. The number of carbonyl (C=O) groups is 4. The average molecular weight is 739 g/mol. The van der Waals surface area contributed by atoms with Gasteiger partial charge < -0.3 is 20.5 Å². The summed E-state index contributed by atoms with van der Waals surface area (Å²) in [5.74, 6) is -2.02. The molecule has 280 valence electrons. The Bertz CT molecular complexity index is 1760. The first kappa shape index (κ1) is 40.2. The van der Waals surface area contributed by atoms with Gasteiger partial charge in [0.05, 0.1) is 11.7 Å². The van der Waals surface area contributed by atoms with E-state index in [-0.39, 0.29) is 60.6 Å². The van der Waals surface area contributed by atoms with E-state index in [1.54, 1.807) is 11.1 Å².